The van der Waals surface area contributed by atoms with Crippen LogP contribution in [0, 0.1) is 0 Å². The van der Waals surface area contributed by atoms with E-state index >= 15 is 0 Å². The Morgan fingerprint density at radius 1 is 1.29 bits per heavy atom. The standard InChI is InChI=1S/C14H10N2O/c15-16-13-5-1-3-9-7-10-4-2-6-14(17)12(10)8-11(9)13/h1-4,6,8H,5,7H2. The fourth-order valence-electron chi connectivity index (χ4n) is 2.38. The van der Waals surface area contributed by atoms with Gasteiger partial charge in [0.15, 0.2) is 5.78 Å². The van der Waals surface area contributed by atoms with Gasteiger partial charge in [-0.3, -0.25) is 4.79 Å². The summed E-state index contributed by atoms with van der Waals surface area (Å²) in [6.45, 7) is 0. The van der Waals surface area contributed by atoms with E-state index in [4.69, 9.17) is 5.53 Å². The molecule has 0 N–H and O–H groups in total. The molecule has 0 radical (unpaired) electrons. The molecule has 3 nitrogen and oxygen atoms in total. The van der Waals surface area contributed by atoms with Gasteiger partial charge in [0.05, 0.1) is 12.0 Å². The molecule has 3 aliphatic rings. The number of hydrogen-bond donors (Lipinski definition) is 0. The van der Waals surface area contributed by atoms with Crippen LogP contribution in [0.5, 0.6) is 0 Å². The van der Waals surface area contributed by atoms with Gasteiger partial charge in [0.1, 0.15) is 0 Å². The minimum Gasteiger partial charge on any atom is -0.361 e. The van der Waals surface area contributed by atoms with E-state index in [0.29, 0.717) is 12.1 Å². The number of carbonyl (C=O) groups is 1. The molecular formula is C14H10N2O. The number of ketones is 1. The van der Waals surface area contributed by atoms with Gasteiger partial charge in [-0.05, 0) is 29.7 Å². The van der Waals surface area contributed by atoms with Crippen LogP contribution in [-0.4, -0.2) is 16.3 Å². The van der Waals surface area contributed by atoms with E-state index in [0.717, 1.165) is 28.7 Å². The Morgan fingerprint density at radius 3 is 3.00 bits per heavy atom. The molecule has 0 atom stereocenters. The topological polar surface area (TPSA) is 53.5 Å². The summed E-state index contributed by atoms with van der Waals surface area (Å²) in [5.41, 5.74) is 13.4. The Bertz CT molecular complexity index is 621. The highest BCUT2D eigenvalue weighted by Gasteiger charge is 2.28. The summed E-state index contributed by atoms with van der Waals surface area (Å²) < 4.78 is 0. The van der Waals surface area contributed by atoms with Crippen LogP contribution in [-0.2, 0) is 4.79 Å². The van der Waals surface area contributed by atoms with Crippen molar-refractivity contribution in [2.75, 3.05) is 0 Å². The van der Waals surface area contributed by atoms with Crippen molar-refractivity contribution in [2.24, 2.45) is 0 Å². The fraction of sp³-hybridized carbons (Fsp3) is 0.143. The number of carbonyl (C=O) groups excluding carboxylic acids is 1. The third-order valence-electron chi connectivity index (χ3n) is 3.23. The number of hydrogen-bond acceptors (Lipinski definition) is 1. The third kappa shape index (κ3) is 1.49. The first-order valence-corrected chi connectivity index (χ1v) is 5.54. The molecule has 0 aromatic rings. The second kappa shape index (κ2) is 3.65. The van der Waals surface area contributed by atoms with Crippen molar-refractivity contribution >= 4 is 11.5 Å². The van der Waals surface area contributed by atoms with Gasteiger partial charge in [-0.15, -0.1) is 0 Å². The molecule has 0 fully saturated rings. The molecule has 0 aromatic heterocycles. The van der Waals surface area contributed by atoms with Crippen LogP contribution in [0.2, 0.25) is 0 Å². The maximum atomic E-state index is 11.8. The van der Waals surface area contributed by atoms with Crippen LogP contribution in [0.4, 0.5) is 0 Å². The van der Waals surface area contributed by atoms with E-state index in [2.05, 4.69) is 4.79 Å². The molecular weight excluding hydrogens is 212 g/mol. The lowest BCUT2D eigenvalue weighted by molar-refractivity contribution is -0.111. The highest BCUT2D eigenvalue weighted by atomic mass is 16.1. The molecule has 17 heavy (non-hydrogen) atoms. The SMILES string of the molecule is [N-]=[N+]=C1CC=CC2=C1C=C1C(=O)C=CC=C1C2. The van der Waals surface area contributed by atoms with Crippen LogP contribution in [0.3, 0.4) is 0 Å². The molecule has 3 heteroatoms. The minimum absolute atomic E-state index is 0.0286. The van der Waals surface area contributed by atoms with Crippen LogP contribution >= 0.6 is 0 Å². The largest absolute Gasteiger partial charge is 0.361 e. The molecule has 0 spiro atoms. The molecule has 0 unspecified atom stereocenters. The number of fused-ring (bicyclic) bond motifs is 1. The van der Waals surface area contributed by atoms with Crippen molar-refractivity contribution in [1.82, 2.24) is 0 Å². The van der Waals surface area contributed by atoms with Crippen molar-refractivity contribution < 1.29 is 9.58 Å². The van der Waals surface area contributed by atoms with E-state index in [1.807, 2.05) is 24.3 Å². The minimum atomic E-state index is 0.0286. The fourth-order valence-corrected chi connectivity index (χ4v) is 2.38. The average Bonchev–Trinajstić information content (AvgIpc) is 2.36. The van der Waals surface area contributed by atoms with Gasteiger partial charge in [-0.1, -0.05) is 24.3 Å². The molecule has 3 aliphatic carbocycles. The molecule has 0 amide bonds. The molecule has 0 saturated carbocycles. The van der Waals surface area contributed by atoms with Crippen LogP contribution in [0.1, 0.15) is 12.8 Å². The summed E-state index contributed by atoms with van der Waals surface area (Å²) >= 11 is 0. The number of rotatable bonds is 0. The predicted molar refractivity (Wildman–Crippen MR) is 64.3 cm³/mol. The van der Waals surface area contributed by atoms with Crippen LogP contribution in [0.15, 0.2) is 58.7 Å². The molecule has 0 aliphatic heterocycles. The highest BCUT2D eigenvalue weighted by Crippen LogP contribution is 2.34. The number of nitrogens with zero attached hydrogens (tertiary/aromatic N) is 2. The maximum Gasteiger partial charge on any atom is 0.303 e. The summed E-state index contributed by atoms with van der Waals surface area (Å²) in [4.78, 5) is 15.1. The van der Waals surface area contributed by atoms with Crippen molar-refractivity contribution in [1.29, 1.82) is 0 Å². The first-order chi connectivity index (χ1) is 8.29. The highest BCUT2D eigenvalue weighted by molar-refractivity contribution is 6.12. The van der Waals surface area contributed by atoms with Crippen molar-refractivity contribution in [2.45, 2.75) is 12.8 Å². The Balaban J connectivity index is 2.17. The summed E-state index contributed by atoms with van der Waals surface area (Å²) in [6, 6.07) is 0. The molecule has 0 bridgehead atoms. The van der Waals surface area contributed by atoms with E-state index in [1.165, 1.54) is 0 Å². The van der Waals surface area contributed by atoms with E-state index in [9.17, 15) is 4.79 Å². The Hall–Kier alpha value is -2.25. The lowest BCUT2D eigenvalue weighted by Crippen LogP contribution is -2.17. The van der Waals surface area contributed by atoms with Gasteiger partial charge >= 0.3 is 5.71 Å². The van der Waals surface area contributed by atoms with Gasteiger partial charge in [0.25, 0.3) is 0 Å². The monoisotopic (exact) mass is 222 g/mol. The normalized spacial score (nSPS) is 21.6. The zero-order valence-corrected chi connectivity index (χ0v) is 9.18. The van der Waals surface area contributed by atoms with Crippen molar-refractivity contribution in [3.8, 4) is 0 Å². The maximum absolute atomic E-state index is 11.8. The summed E-state index contributed by atoms with van der Waals surface area (Å²) in [5, 5.41) is 0. The van der Waals surface area contributed by atoms with E-state index in [-0.39, 0.29) is 5.78 Å². The summed E-state index contributed by atoms with van der Waals surface area (Å²) in [5.74, 6) is 0.0286. The predicted octanol–water partition coefficient (Wildman–Crippen LogP) is 2.31. The zero-order valence-electron chi connectivity index (χ0n) is 9.18. The smallest absolute Gasteiger partial charge is 0.303 e. The zero-order chi connectivity index (χ0) is 11.8. The lowest BCUT2D eigenvalue weighted by Gasteiger charge is -2.21. The average molecular weight is 222 g/mol. The van der Waals surface area contributed by atoms with Gasteiger partial charge in [0.2, 0.25) is 0 Å². The second-order valence-electron chi connectivity index (χ2n) is 4.24. The Labute approximate surface area is 98.8 Å². The van der Waals surface area contributed by atoms with Crippen molar-refractivity contribution in [3.05, 3.63) is 64.3 Å². The second-order valence-corrected chi connectivity index (χ2v) is 4.24. The number of allylic oxidation sites excluding steroid dienone is 10. The van der Waals surface area contributed by atoms with Crippen LogP contribution in [0.25, 0.3) is 5.53 Å². The van der Waals surface area contributed by atoms with Crippen LogP contribution < -0.4 is 0 Å². The quantitative estimate of drug-likeness (QED) is 0.458. The summed E-state index contributed by atoms with van der Waals surface area (Å²) in [6.07, 6.45) is 12.5. The lowest BCUT2D eigenvalue weighted by atomic mass is 9.80. The first-order valence-electron chi connectivity index (χ1n) is 5.54. The Kier molecular flexibility index (Phi) is 2.13. The molecule has 0 saturated heterocycles. The van der Waals surface area contributed by atoms with Crippen molar-refractivity contribution in [3.63, 3.8) is 0 Å². The summed E-state index contributed by atoms with van der Waals surface area (Å²) in [7, 11) is 0. The molecule has 0 heterocycles. The van der Waals surface area contributed by atoms with Gasteiger partial charge in [0, 0.05) is 5.57 Å². The van der Waals surface area contributed by atoms with Gasteiger partial charge in [-0.2, -0.15) is 4.79 Å². The third-order valence-corrected chi connectivity index (χ3v) is 3.23. The molecule has 0 aromatic carbocycles. The van der Waals surface area contributed by atoms with E-state index < -0.39 is 0 Å². The molecule has 82 valence electrons. The Morgan fingerprint density at radius 2 is 2.18 bits per heavy atom. The molecule has 3 rings (SSSR count). The van der Waals surface area contributed by atoms with Gasteiger partial charge in [-0.25, -0.2) is 0 Å². The first kappa shape index (κ1) is 9.94. The van der Waals surface area contributed by atoms with E-state index in [1.54, 1.807) is 12.2 Å². The van der Waals surface area contributed by atoms with Gasteiger partial charge < -0.3 is 5.53 Å².